The summed E-state index contributed by atoms with van der Waals surface area (Å²) in [5.74, 6) is -0.0294. The Bertz CT molecular complexity index is 848. The SMILES string of the molecule is Fc1cc(C2=NOC(COc3ccon3)C2)ccc1-n1ccnn1. The molecule has 1 unspecified atom stereocenters. The molecule has 9 heteroatoms. The van der Waals surface area contributed by atoms with Crippen molar-refractivity contribution in [2.75, 3.05) is 6.61 Å². The van der Waals surface area contributed by atoms with Crippen LogP contribution in [-0.2, 0) is 4.84 Å². The second kappa shape index (κ2) is 6.11. The van der Waals surface area contributed by atoms with Crippen LogP contribution >= 0.6 is 0 Å². The Morgan fingerprint density at radius 3 is 3.04 bits per heavy atom. The number of hydrogen-bond donors (Lipinski definition) is 0. The zero-order chi connectivity index (χ0) is 16.4. The maximum Gasteiger partial charge on any atom is 0.254 e. The average molecular weight is 329 g/mol. The molecule has 3 aromatic rings. The van der Waals surface area contributed by atoms with Gasteiger partial charge in [0.25, 0.3) is 5.88 Å². The van der Waals surface area contributed by atoms with Gasteiger partial charge in [-0.15, -0.1) is 5.10 Å². The fourth-order valence-corrected chi connectivity index (χ4v) is 2.35. The minimum Gasteiger partial charge on any atom is -0.471 e. The largest absolute Gasteiger partial charge is 0.471 e. The molecule has 0 amide bonds. The molecule has 2 aromatic heterocycles. The van der Waals surface area contributed by atoms with E-state index in [1.807, 2.05) is 0 Å². The Labute approximate surface area is 135 Å². The van der Waals surface area contributed by atoms with E-state index in [-0.39, 0.29) is 12.7 Å². The molecule has 1 aromatic carbocycles. The van der Waals surface area contributed by atoms with E-state index >= 15 is 0 Å². The monoisotopic (exact) mass is 329 g/mol. The maximum atomic E-state index is 14.3. The van der Waals surface area contributed by atoms with E-state index < -0.39 is 5.82 Å². The van der Waals surface area contributed by atoms with Crippen molar-refractivity contribution >= 4 is 5.71 Å². The molecule has 122 valence electrons. The molecule has 0 N–H and O–H groups in total. The van der Waals surface area contributed by atoms with Crippen LogP contribution < -0.4 is 4.74 Å². The van der Waals surface area contributed by atoms with Crippen molar-refractivity contribution in [2.45, 2.75) is 12.5 Å². The zero-order valence-corrected chi connectivity index (χ0v) is 12.4. The minimum absolute atomic E-state index is 0.255. The summed E-state index contributed by atoms with van der Waals surface area (Å²) >= 11 is 0. The number of rotatable bonds is 5. The van der Waals surface area contributed by atoms with Crippen molar-refractivity contribution in [3.05, 3.63) is 54.3 Å². The van der Waals surface area contributed by atoms with Gasteiger partial charge in [0.05, 0.1) is 18.1 Å². The fourth-order valence-electron chi connectivity index (χ4n) is 2.35. The lowest BCUT2D eigenvalue weighted by Gasteiger charge is -2.08. The second-order valence-corrected chi connectivity index (χ2v) is 5.13. The highest BCUT2D eigenvalue weighted by atomic mass is 19.1. The van der Waals surface area contributed by atoms with Crippen LogP contribution in [0, 0.1) is 5.82 Å². The highest BCUT2D eigenvalue weighted by Crippen LogP contribution is 2.21. The molecule has 0 saturated carbocycles. The van der Waals surface area contributed by atoms with Gasteiger partial charge in [0.15, 0.2) is 6.10 Å². The van der Waals surface area contributed by atoms with Gasteiger partial charge in [0.2, 0.25) is 0 Å². The van der Waals surface area contributed by atoms with E-state index in [0.29, 0.717) is 29.3 Å². The molecule has 8 nitrogen and oxygen atoms in total. The third kappa shape index (κ3) is 2.83. The third-order valence-corrected chi connectivity index (χ3v) is 3.51. The number of aromatic nitrogens is 4. The minimum atomic E-state index is -0.414. The molecule has 0 aliphatic carbocycles. The molecule has 0 fully saturated rings. The van der Waals surface area contributed by atoms with Gasteiger partial charge in [0, 0.05) is 18.1 Å². The van der Waals surface area contributed by atoms with Crippen molar-refractivity contribution in [3.8, 4) is 11.6 Å². The van der Waals surface area contributed by atoms with Crippen molar-refractivity contribution in [1.29, 1.82) is 0 Å². The van der Waals surface area contributed by atoms with E-state index in [4.69, 9.17) is 9.57 Å². The fraction of sp³-hybridized carbons (Fsp3) is 0.200. The van der Waals surface area contributed by atoms with Crippen LogP contribution in [-0.4, -0.2) is 38.6 Å². The van der Waals surface area contributed by atoms with Gasteiger partial charge < -0.3 is 14.1 Å². The summed E-state index contributed by atoms with van der Waals surface area (Å²) in [7, 11) is 0. The van der Waals surface area contributed by atoms with Gasteiger partial charge in [-0.1, -0.05) is 16.4 Å². The third-order valence-electron chi connectivity index (χ3n) is 3.51. The van der Waals surface area contributed by atoms with Gasteiger partial charge in [-0.2, -0.15) is 0 Å². The second-order valence-electron chi connectivity index (χ2n) is 5.13. The molecule has 3 heterocycles. The van der Waals surface area contributed by atoms with E-state index in [0.717, 1.165) is 0 Å². The number of benzene rings is 1. The summed E-state index contributed by atoms with van der Waals surface area (Å²) in [6.07, 6.45) is 4.74. The van der Waals surface area contributed by atoms with Crippen LogP contribution in [0.15, 0.2) is 52.6 Å². The van der Waals surface area contributed by atoms with Gasteiger partial charge in [-0.05, 0) is 17.3 Å². The van der Waals surface area contributed by atoms with Crippen LogP contribution in [0.4, 0.5) is 4.39 Å². The summed E-state index contributed by atoms with van der Waals surface area (Å²) in [5.41, 5.74) is 1.63. The zero-order valence-electron chi connectivity index (χ0n) is 12.4. The molecule has 0 radical (unpaired) electrons. The van der Waals surface area contributed by atoms with Crippen molar-refractivity contribution < 1.29 is 18.5 Å². The predicted octanol–water partition coefficient (Wildman–Crippen LogP) is 1.97. The van der Waals surface area contributed by atoms with Gasteiger partial charge >= 0.3 is 0 Å². The molecule has 24 heavy (non-hydrogen) atoms. The molecule has 0 saturated heterocycles. The summed E-state index contributed by atoms with van der Waals surface area (Å²) in [6, 6.07) is 6.40. The molecule has 1 aliphatic heterocycles. The topological polar surface area (TPSA) is 87.6 Å². The van der Waals surface area contributed by atoms with Crippen LogP contribution in [0.5, 0.6) is 5.88 Å². The lowest BCUT2D eigenvalue weighted by Crippen LogP contribution is -2.18. The Balaban J connectivity index is 1.42. The molecule has 1 atom stereocenters. The van der Waals surface area contributed by atoms with E-state index in [9.17, 15) is 4.39 Å². The highest BCUT2D eigenvalue weighted by molar-refractivity contribution is 6.01. The quantitative estimate of drug-likeness (QED) is 0.711. The number of hydrogen-bond acceptors (Lipinski definition) is 7. The number of ether oxygens (including phenoxy) is 1. The highest BCUT2D eigenvalue weighted by Gasteiger charge is 2.24. The maximum absolute atomic E-state index is 14.3. The van der Waals surface area contributed by atoms with Crippen molar-refractivity contribution in [2.24, 2.45) is 5.16 Å². The number of oxime groups is 1. The summed E-state index contributed by atoms with van der Waals surface area (Å²) in [6.45, 7) is 0.277. The first kappa shape index (κ1) is 14.4. The first-order valence-electron chi connectivity index (χ1n) is 7.22. The first-order chi connectivity index (χ1) is 11.8. The Hall–Kier alpha value is -3.23. The van der Waals surface area contributed by atoms with E-state index in [1.54, 1.807) is 24.4 Å². The first-order valence-corrected chi connectivity index (χ1v) is 7.22. The number of nitrogens with zero attached hydrogens (tertiary/aromatic N) is 5. The standard InChI is InChI=1S/C15H12FN5O3/c16-12-7-10(1-2-14(12)21-5-4-17-20-21)13-8-11(24-18-13)9-22-15-3-6-23-19-15/h1-7,11H,8-9H2. The molecule has 0 bridgehead atoms. The summed E-state index contributed by atoms with van der Waals surface area (Å²) in [4.78, 5) is 5.32. The van der Waals surface area contributed by atoms with Gasteiger partial charge in [-0.25, -0.2) is 9.07 Å². The molecular weight excluding hydrogens is 317 g/mol. The van der Waals surface area contributed by atoms with E-state index in [1.165, 1.54) is 23.2 Å². The lowest BCUT2D eigenvalue weighted by atomic mass is 10.0. The molecular formula is C15H12FN5O3. The van der Waals surface area contributed by atoms with Crippen LogP contribution in [0.2, 0.25) is 0 Å². The molecule has 4 rings (SSSR count). The van der Waals surface area contributed by atoms with Crippen LogP contribution in [0.25, 0.3) is 5.69 Å². The predicted molar refractivity (Wildman–Crippen MR) is 79.3 cm³/mol. The Morgan fingerprint density at radius 1 is 1.33 bits per heavy atom. The van der Waals surface area contributed by atoms with E-state index in [2.05, 4.69) is 25.1 Å². The normalized spacial score (nSPS) is 16.7. The van der Waals surface area contributed by atoms with Crippen LogP contribution in [0.1, 0.15) is 12.0 Å². The Kier molecular flexibility index (Phi) is 3.66. The van der Waals surface area contributed by atoms with Crippen molar-refractivity contribution in [3.63, 3.8) is 0 Å². The van der Waals surface area contributed by atoms with Gasteiger partial charge in [0.1, 0.15) is 24.4 Å². The average Bonchev–Trinajstić information content (AvgIpc) is 3.34. The van der Waals surface area contributed by atoms with Crippen LogP contribution in [0.3, 0.4) is 0 Å². The summed E-state index contributed by atoms with van der Waals surface area (Å²) < 4.78 is 25.7. The Morgan fingerprint density at radius 2 is 2.29 bits per heavy atom. The lowest BCUT2D eigenvalue weighted by molar-refractivity contribution is 0.0446. The van der Waals surface area contributed by atoms with Gasteiger partial charge in [-0.3, -0.25) is 0 Å². The molecule has 1 aliphatic rings. The smallest absolute Gasteiger partial charge is 0.254 e. The van der Waals surface area contributed by atoms with Crippen molar-refractivity contribution in [1.82, 2.24) is 20.2 Å². The summed E-state index contributed by atoms with van der Waals surface area (Å²) in [5, 5.41) is 15.1. The number of halogens is 1. The molecule has 0 spiro atoms.